The maximum Gasteiger partial charge on any atom is 0.246 e. The first kappa shape index (κ1) is 21.0. The zero-order valence-corrected chi connectivity index (χ0v) is 17.1. The second-order valence-electron chi connectivity index (χ2n) is 7.53. The van der Waals surface area contributed by atoms with E-state index in [9.17, 15) is 14.4 Å². The Labute approximate surface area is 172 Å². The molecule has 2 fully saturated rings. The lowest BCUT2D eigenvalue weighted by molar-refractivity contribution is -0.128. The summed E-state index contributed by atoms with van der Waals surface area (Å²) in [7, 11) is 0. The molecule has 7 nitrogen and oxygen atoms in total. The van der Waals surface area contributed by atoms with Crippen LogP contribution in [0.1, 0.15) is 31.7 Å². The molecule has 3 rings (SSSR count). The molecule has 1 N–H and O–H groups in total. The molecule has 7 heteroatoms. The van der Waals surface area contributed by atoms with E-state index in [1.807, 2.05) is 42.2 Å². The fourth-order valence-electron chi connectivity index (χ4n) is 3.61. The van der Waals surface area contributed by atoms with E-state index in [1.165, 1.54) is 0 Å². The fraction of sp³-hybridized carbons (Fsp3) is 0.500. The minimum Gasteiger partial charge on any atom is -0.355 e. The first-order valence-corrected chi connectivity index (χ1v) is 10.4. The third-order valence-electron chi connectivity index (χ3n) is 5.32. The first-order chi connectivity index (χ1) is 14.1. The Morgan fingerprint density at radius 1 is 1.07 bits per heavy atom. The molecule has 0 aliphatic carbocycles. The third kappa shape index (κ3) is 5.90. The molecule has 29 heavy (non-hydrogen) atoms. The number of nitrogens with one attached hydrogen (secondary N) is 1. The highest BCUT2D eigenvalue weighted by molar-refractivity contribution is 5.95. The highest BCUT2D eigenvalue weighted by atomic mass is 16.2. The van der Waals surface area contributed by atoms with Gasteiger partial charge in [-0.3, -0.25) is 19.3 Å². The summed E-state index contributed by atoms with van der Waals surface area (Å²) in [6.45, 7) is 6.57. The van der Waals surface area contributed by atoms with Crippen LogP contribution in [-0.2, 0) is 14.4 Å². The number of hydrogen-bond donors (Lipinski definition) is 1. The molecule has 2 aliphatic heterocycles. The maximum atomic E-state index is 12.4. The Hall–Kier alpha value is -2.67. The van der Waals surface area contributed by atoms with Crippen LogP contribution in [0.5, 0.6) is 0 Å². The van der Waals surface area contributed by atoms with E-state index in [0.717, 1.165) is 30.6 Å². The summed E-state index contributed by atoms with van der Waals surface area (Å²) >= 11 is 0. The summed E-state index contributed by atoms with van der Waals surface area (Å²) in [5.74, 6) is 0.204. The Bertz CT molecular complexity index is 752. The quantitative estimate of drug-likeness (QED) is 0.707. The van der Waals surface area contributed by atoms with Gasteiger partial charge in [0.25, 0.3) is 0 Å². The zero-order chi connectivity index (χ0) is 20.6. The van der Waals surface area contributed by atoms with Crippen LogP contribution >= 0.6 is 0 Å². The minimum atomic E-state index is -0.0149. The molecular formula is C22H30N4O3. The van der Waals surface area contributed by atoms with Gasteiger partial charge in [0.15, 0.2) is 0 Å². The molecule has 1 aromatic rings. The second kappa shape index (κ2) is 10.2. The Morgan fingerprint density at radius 3 is 2.41 bits per heavy atom. The van der Waals surface area contributed by atoms with Gasteiger partial charge in [0.1, 0.15) is 0 Å². The second-order valence-corrected chi connectivity index (χ2v) is 7.53. The Balaban J connectivity index is 1.45. The van der Waals surface area contributed by atoms with Crippen molar-refractivity contribution in [2.75, 3.05) is 50.7 Å². The number of anilines is 1. The van der Waals surface area contributed by atoms with Crippen LogP contribution < -0.4 is 10.2 Å². The van der Waals surface area contributed by atoms with Crippen molar-refractivity contribution < 1.29 is 14.4 Å². The third-order valence-corrected chi connectivity index (χ3v) is 5.32. The van der Waals surface area contributed by atoms with E-state index in [0.29, 0.717) is 45.7 Å². The molecule has 0 unspecified atom stereocenters. The van der Waals surface area contributed by atoms with Crippen molar-refractivity contribution >= 4 is 29.5 Å². The van der Waals surface area contributed by atoms with Gasteiger partial charge in [0, 0.05) is 57.5 Å². The molecule has 3 amide bonds. The monoisotopic (exact) mass is 398 g/mol. The summed E-state index contributed by atoms with van der Waals surface area (Å²) in [5.41, 5.74) is 1.84. The molecule has 0 aromatic heterocycles. The number of amides is 3. The lowest BCUT2D eigenvalue weighted by Gasteiger charge is -2.33. The van der Waals surface area contributed by atoms with Gasteiger partial charge in [0.05, 0.1) is 6.54 Å². The first-order valence-electron chi connectivity index (χ1n) is 10.4. The average Bonchev–Trinajstić information content (AvgIpc) is 3.17. The summed E-state index contributed by atoms with van der Waals surface area (Å²) in [6, 6.07) is 7.71. The molecule has 2 heterocycles. The summed E-state index contributed by atoms with van der Waals surface area (Å²) in [5, 5.41) is 2.88. The number of hydrogen-bond acceptors (Lipinski definition) is 4. The van der Waals surface area contributed by atoms with Crippen LogP contribution in [0.3, 0.4) is 0 Å². The van der Waals surface area contributed by atoms with Crippen LogP contribution in [0.25, 0.3) is 6.08 Å². The molecule has 1 aromatic carbocycles. The molecule has 0 bridgehead atoms. The summed E-state index contributed by atoms with van der Waals surface area (Å²) in [4.78, 5) is 41.8. The van der Waals surface area contributed by atoms with E-state index in [2.05, 4.69) is 10.2 Å². The number of carbonyl (C=O) groups is 3. The van der Waals surface area contributed by atoms with Gasteiger partial charge in [-0.1, -0.05) is 19.1 Å². The molecular weight excluding hydrogens is 368 g/mol. The topological polar surface area (TPSA) is 73.0 Å². The van der Waals surface area contributed by atoms with E-state index in [-0.39, 0.29) is 17.7 Å². The fourth-order valence-corrected chi connectivity index (χ4v) is 3.61. The van der Waals surface area contributed by atoms with E-state index in [4.69, 9.17) is 0 Å². The van der Waals surface area contributed by atoms with Gasteiger partial charge < -0.3 is 15.1 Å². The number of rotatable bonds is 7. The van der Waals surface area contributed by atoms with Gasteiger partial charge >= 0.3 is 0 Å². The van der Waals surface area contributed by atoms with Crippen molar-refractivity contribution in [3.63, 3.8) is 0 Å². The lowest BCUT2D eigenvalue weighted by atomic mass is 10.1. The van der Waals surface area contributed by atoms with Crippen molar-refractivity contribution in [2.45, 2.75) is 26.2 Å². The van der Waals surface area contributed by atoms with Gasteiger partial charge in [-0.15, -0.1) is 0 Å². The van der Waals surface area contributed by atoms with Gasteiger partial charge in [0.2, 0.25) is 17.7 Å². The Kier molecular flexibility index (Phi) is 7.41. The van der Waals surface area contributed by atoms with Crippen LogP contribution in [0.4, 0.5) is 5.69 Å². The van der Waals surface area contributed by atoms with Crippen molar-refractivity contribution in [3.8, 4) is 0 Å². The van der Waals surface area contributed by atoms with Gasteiger partial charge in [-0.25, -0.2) is 0 Å². The van der Waals surface area contributed by atoms with Gasteiger partial charge in [-0.05, 0) is 36.6 Å². The molecule has 0 saturated carbocycles. The molecule has 2 aliphatic rings. The van der Waals surface area contributed by atoms with E-state index < -0.39 is 0 Å². The maximum absolute atomic E-state index is 12.4. The largest absolute Gasteiger partial charge is 0.355 e. The Morgan fingerprint density at radius 2 is 1.79 bits per heavy atom. The predicted octanol–water partition coefficient (Wildman–Crippen LogP) is 1.50. The van der Waals surface area contributed by atoms with Gasteiger partial charge in [-0.2, -0.15) is 0 Å². The average molecular weight is 399 g/mol. The summed E-state index contributed by atoms with van der Waals surface area (Å²) < 4.78 is 0. The highest BCUT2D eigenvalue weighted by Gasteiger charge is 2.22. The zero-order valence-electron chi connectivity index (χ0n) is 17.1. The normalized spacial score (nSPS) is 17.9. The standard InChI is InChI=1S/C22H30N4O3/c1-2-11-23-20(27)17-24-13-15-25(16-14-24)21(28)10-7-18-5-8-19(9-6-18)26-12-3-4-22(26)29/h5-10H,2-4,11-17H2,1H3,(H,23,27)/b10-7+. The highest BCUT2D eigenvalue weighted by Crippen LogP contribution is 2.22. The molecule has 0 radical (unpaired) electrons. The number of nitrogens with zero attached hydrogens (tertiary/aromatic N) is 3. The van der Waals surface area contributed by atoms with Crippen molar-refractivity contribution in [2.24, 2.45) is 0 Å². The number of piperazine rings is 1. The smallest absolute Gasteiger partial charge is 0.246 e. The van der Waals surface area contributed by atoms with Crippen molar-refractivity contribution in [1.29, 1.82) is 0 Å². The predicted molar refractivity (Wildman–Crippen MR) is 113 cm³/mol. The van der Waals surface area contributed by atoms with Crippen LogP contribution in [-0.4, -0.2) is 73.3 Å². The lowest BCUT2D eigenvalue weighted by Crippen LogP contribution is -2.50. The van der Waals surface area contributed by atoms with Crippen molar-refractivity contribution in [3.05, 3.63) is 35.9 Å². The molecule has 0 atom stereocenters. The molecule has 156 valence electrons. The molecule has 2 saturated heterocycles. The minimum absolute atomic E-state index is 0.0149. The SMILES string of the molecule is CCCNC(=O)CN1CCN(C(=O)/C=C/c2ccc(N3CCCC3=O)cc2)CC1. The van der Waals surface area contributed by atoms with E-state index in [1.54, 1.807) is 11.0 Å². The number of benzene rings is 1. The van der Waals surface area contributed by atoms with Crippen molar-refractivity contribution in [1.82, 2.24) is 15.1 Å². The number of carbonyl (C=O) groups excluding carboxylic acids is 3. The van der Waals surface area contributed by atoms with Crippen LogP contribution in [0.2, 0.25) is 0 Å². The summed E-state index contributed by atoms with van der Waals surface area (Å²) in [6.07, 6.45) is 5.86. The van der Waals surface area contributed by atoms with E-state index >= 15 is 0 Å². The van der Waals surface area contributed by atoms with Crippen LogP contribution in [0, 0.1) is 0 Å². The molecule has 0 spiro atoms. The van der Waals surface area contributed by atoms with Crippen LogP contribution in [0.15, 0.2) is 30.3 Å².